The summed E-state index contributed by atoms with van der Waals surface area (Å²) in [5.41, 5.74) is 9.62. The van der Waals surface area contributed by atoms with Crippen LogP contribution in [0.2, 0.25) is 10.0 Å². The number of fused-ring (bicyclic) bond motifs is 13. The van der Waals surface area contributed by atoms with Crippen molar-refractivity contribution in [3.8, 4) is 5.69 Å². The van der Waals surface area contributed by atoms with Gasteiger partial charge in [0.2, 0.25) is 0 Å². The number of hydrogen-bond donors (Lipinski definition) is 1. The first kappa shape index (κ1) is 52.4. The molecule has 0 radical (unpaired) electrons. The maximum atomic E-state index is 6.64. The molecule has 0 atom stereocenters. The fraction of sp³-hybridized carbons (Fsp3) is 0. The van der Waals surface area contributed by atoms with Crippen molar-refractivity contribution in [2.24, 2.45) is 0 Å². The summed E-state index contributed by atoms with van der Waals surface area (Å²) in [6, 6.07) is 74.0. The third kappa shape index (κ3) is 9.15. The number of nitrogens with zero attached hydrogens (tertiary/aromatic N) is 2. The lowest BCUT2D eigenvalue weighted by atomic mass is 9.99. The van der Waals surface area contributed by atoms with Gasteiger partial charge in [-0.15, -0.1) is 0 Å². The molecule has 0 saturated carbocycles. The molecule has 0 saturated heterocycles. The molecule has 12 heteroatoms. The minimum Gasteiger partial charge on any atom is -0.355 e. The van der Waals surface area contributed by atoms with Gasteiger partial charge in [-0.05, 0) is 159 Å². The van der Waals surface area contributed by atoms with Gasteiger partial charge in [0.1, 0.15) is 0 Å². The van der Waals surface area contributed by atoms with Crippen LogP contribution >= 0.6 is 141 Å². The normalized spacial score (nSPS) is 11.7. The van der Waals surface area contributed by atoms with Crippen LogP contribution in [0.5, 0.6) is 0 Å². The zero-order chi connectivity index (χ0) is 53.5. The van der Waals surface area contributed by atoms with Crippen LogP contribution in [0.15, 0.2) is 239 Å². The molecule has 0 fully saturated rings. The monoisotopic (exact) mass is 1540 g/mol. The summed E-state index contributed by atoms with van der Waals surface area (Å²) in [6.45, 7) is 0. The number of rotatable bonds is 1. The molecule has 12 aromatic carbocycles. The lowest BCUT2D eigenvalue weighted by Crippen LogP contribution is -1.96. The van der Waals surface area contributed by atoms with E-state index in [4.69, 9.17) is 23.2 Å². The van der Waals surface area contributed by atoms with Gasteiger partial charge in [0, 0.05) is 100 Å². The van der Waals surface area contributed by atoms with Crippen LogP contribution in [0.25, 0.3) is 120 Å². The van der Waals surface area contributed by atoms with Crippen molar-refractivity contribution < 1.29 is 0 Å². The van der Waals surface area contributed by atoms with Gasteiger partial charge in [0.25, 0.3) is 0 Å². The molecule has 4 heterocycles. The van der Waals surface area contributed by atoms with E-state index >= 15 is 0 Å². The Morgan fingerprint density at radius 1 is 0.333 bits per heavy atom. The number of H-pyrrole nitrogens is 1. The highest BCUT2D eigenvalue weighted by molar-refractivity contribution is 14.1. The summed E-state index contributed by atoms with van der Waals surface area (Å²) in [6.07, 6.45) is 0. The van der Waals surface area contributed by atoms with E-state index in [0.717, 1.165) is 64.2 Å². The van der Waals surface area contributed by atoms with Crippen LogP contribution in [0.3, 0.4) is 0 Å². The summed E-state index contributed by atoms with van der Waals surface area (Å²) in [7, 11) is 0. The number of aromatic amines is 1. The van der Waals surface area contributed by atoms with E-state index in [0.29, 0.717) is 0 Å². The molecule has 16 rings (SSSR count). The average Bonchev–Trinajstić information content (AvgIpc) is 4.30. The van der Waals surface area contributed by atoms with Gasteiger partial charge in [-0.3, -0.25) is 0 Å². The topological polar surface area (TPSA) is 25.1 Å². The molecule has 0 spiro atoms. The molecule has 0 unspecified atom stereocenters. The highest BCUT2D eigenvalue weighted by Gasteiger charge is 2.20. The second-order valence-corrected chi connectivity index (χ2v) is 26.1. The summed E-state index contributed by atoms with van der Waals surface area (Å²) in [4.78, 5) is 3.38. The molecule has 1 N–H and O–H groups in total. The minimum atomic E-state index is 0.752. The summed E-state index contributed by atoms with van der Waals surface area (Å²) < 4.78 is 12.5. The van der Waals surface area contributed by atoms with Crippen molar-refractivity contribution in [2.75, 3.05) is 0 Å². The highest BCUT2D eigenvalue weighted by atomic mass is 127. The predicted octanol–water partition coefficient (Wildman–Crippen LogP) is 24.6. The maximum absolute atomic E-state index is 6.64. The Hall–Kier alpha value is -4.99. The summed E-state index contributed by atoms with van der Waals surface area (Å²) >= 11 is 36.8. The molecule has 0 aliphatic carbocycles. The molecule has 0 aliphatic heterocycles. The van der Waals surface area contributed by atoms with Gasteiger partial charge in [-0.1, -0.05) is 216 Å². The first-order valence-electron chi connectivity index (χ1n) is 24.6. The van der Waals surface area contributed by atoms with E-state index in [9.17, 15) is 0 Å². The third-order valence-corrected chi connectivity index (χ3v) is 19.4. The fourth-order valence-corrected chi connectivity index (χ4v) is 15.1. The van der Waals surface area contributed by atoms with Gasteiger partial charge in [0.15, 0.2) is 0 Å². The number of para-hydroxylation sites is 3. The summed E-state index contributed by atoms with van der Waals surface area (Å²) in [5.74, 6) is 0. The van der Waals surface area contributed by atoms with Gasteiger partial charge in [-0.25, -0.2) is 0 Å². The van der Waals surface area contributed by atoms with E-state index in [1.54, 1.807) is 0 Å². The highest BCUT2D eigenvalue weighted by Crippen LogP contribution is 2.44. The molecule has 0 amide bonds. The second kappa shape index (κ2) is 21.5. The quantitative estimate of drug-likeness (QED) is 0.0963. The van der Waals surface area contributed by atoms with Gasteiger partial charge >= 0.3 is 0 Å². The zero-order valence-corrected chi connectivity index (χ0v) is 53.7. The van der Waals surface area contributed by atoms with E-state index in [2.05, 4.69) is 308 Å². The van der Waals surface area contributed by atoms with Gasteiger partial charge in [0.05, 0.1) is 38.3 Å². The third-order valence-electron chi connectivity index (χ3n) is 14.4. The Balaban J connectivity index is 0.000000103. The zero-order valence-electron chi connectivity index (χ0n) is 40.5. The Morgan fingerprint density at radius 3 is 1.53 bits per heavy atom. The van der Waals surface area contributed by atoms with Crippen LogP contribution in [0.1, 0.15) is 0 Å². The molecule has 0 bridgehead atoms. The van der Waals surface area contributed by atoms with Crippen molar-refractivity contribution >= 4 is 255 Å². The molecule has 0 aliphatic rings. The van der Waals surface area contributed by atoms with Crippen molar-refractivity contribution in [1.82, 2.24) is 14.0 Å². The van der Waals surface area contributed by atoms with Crippen LogP contribution in [-0.4, -0.2) is 14.0 Å². The van der Waals surface area contributed by atoms with E-state index in [1.807, 2.05) is 36.4 Å². The predicted molar refractivity (Wildman–Crippen MR) is 366 cm³/mol. The standard InChI is InChI=1S/C22H12Br2ClN.C22H11Br2N.C12H8BrN.C10H5BrClI/c23-13-8-10-20-16(12-13)14-4-1-2-7-19(14)26(20)21-11-9-17(24)15-5-3-6-18(25)22(15)21;23-12-10-16-13-4-1-2-7-19(13)25-20-9-8-18(24)15-6-3-5-14(21(15)20)17(11-12)22(16)25;13-8-5-6-12-10(7-8)9-3-1-2-4-11(9)14-12;11-7-4-5-9(13)10-6(7)2-1-3-8(10)12/h1-12H;1-11H;1-7,14H;1-5H. The molecule has 4 aromatic heterocycles. The number of halogens is 9. The van der Waals surface area contributed by atoms with Crippen LogP contribution in [0.4, 0.5) is 0 Å². The van der Waals surface area contributed by atoms with Gasteiger partial charge < -0.3 is 14.0 Å². The van der Waals surface area contributed by atoms with E-state index < -0.39 is 0 Å². The molecule has 16 aromatic rings. The van der Waals surface area contributed by atoms with Crippen molar-refractivity contribution in [2.45, 2.75) is 0 Å². The maximum Gasteiger partial charge on any atom is 0.0620 e. The minimum absolute atomic E-state index is 0.752. The van der Waals surface area contributed by atoms with Crippen molar-refractivity contribution in [1.29, 1.82) is 0 Å². The average molecular weight is 1550 g/mol. The molecule has 3 nitrogen and oxygen atoms in total. The number of benzene rings is 12. The second-order valence-electron chi connectivity index (χ2n) is 18.8. The molecular formula is C66H36Br6Cl2IN3. The first-order valence-corrected chi connectivity index (χ1v) is 31.2. The van der Waals surface area contributed by atoms with Crippen molar-refractivity contribution in [3.63, 3.8) is 0 Å². The number of aromatic nitrogens is 3. The lowest BCUT2D eigenvalue weighted by Gasteiger charge is -2.14. The smallest absolute Gasteiger partial charge is 0.0620 e. The van der Waals surface area contributed by atoms with Crippen LogP contribution in [-0.2, 0) is 0 Å². The Labute approximate surface area is 521 Å². The van der Waals surface area contributed by atoms with Crippen molar-refractivity contribution in [3.05, 3.63) is 253 Å². The van der Waals surface area contributed by atoms with Crippen LogP contribution < -0.4 is 0 Å². The molecule has 78 heavy (non-hydrogen) atoms. The fourth-order valence-electron chi connectivity index (χ4n) is 11.1. The Bertz CT molecular complexity index is 5060. The van der Waals surface area contributed by atoms with Crippen LogP contribution in [0, 0.1) is 3.57 Å². The Kier molecular flexibility index (Phi) is 14.4. The number of hydrogen-bond acceptors (Lipinski definition) is 0. The largest absolute Gasteiger partial charge is 0.355 e. The summed E-state index contributed by atoms with van der Waals surface area (Å²) in [5, 5.41) is 18.8. The number of nitrogens with one attached hydrogen (secondary N) is 1. The van der Waals surface area contributed by atoms with Gasteiger partial charge in [-0.2, -0.15) is 0 Å². The van der Waals surface area contributed by atoms with E-state index in [-0.39, 0.29) is 0 Å². The number of pyridine rings is 1. The molecular weight excluding hydrogens is 1510 g/mol. The lowest BCUT2D eigenvalue weighted by molar-refractivity contribution is 1.20. The van der Waals surface area contributed by atoms with E-state index in [1.165, 1.54) is 95.9 Å². The Morgan fingerprint density at radius 2 is 0.808 bits per heavy atom. The first-order chi connectivity index (χ1) is 37.9. The SMILES string of the molecule is Brc1cc2c3cccc4c(Br)ccc(c43)n3c4ccccc4c(c1)c23.Brc1ccc2[nH]c3ccccc3c2c1.Clc1cccc2c(Br)ccc(-n3c4ccccc4c4cc(Br)ccc43)c12.Clc1cccc2c(Br)ccc(I)c12. The molecule has 378 valence electrons.